The van der Waals surface area contributed by atoms with Crippen LogP contribution >= 0.6 is 7.26 Å². The summed E-state index contributed by atoms with van der Waals surface area (Å²) in [4.78, 5) is 0. The van der Waals surface area contributed by atoms with Crippen molar-refractivity contribution in [2.24, 2.45) is 0 Å². The summed E-state index contributed by atoms with van der Waals surface area (Å²) < 4.78 is 0. The van der Waals surface area contributed by atoms with E-state index in [2.05, 4.69) is 27.4 Å². The van der Waals surface area contributed by atoms with Gasteiger partial charge in [-0.25, -0.2) is 0 Å². The van der Waals surface area contributed by atoms with E-state index >= 15 is 0 Å². The Hall–Kier alpha value is 0.720. The van der Waals surface area contributed by atoms with E-state index in [9.17, 15) is 0 Å². The molecule has 0 rings (SSSR count). The topological polar surface area (TPSA) is 0 Å². The van der Waals surface area contributed by atoms with Gasteiger partial charge in [-0.05, 0) is 38.5 Å². The lowest BCUT2D eigenvalue weighted by molar-refractivity contribution is -0.00000867. The summed E-state index contributed by atoms with van der Waals surface area (Å²) in [5.74, 6) is 0. The highest BCUT2D eigenvalue weighted by Gasteiger charge is 2.29. The van der Waals surface area contributed by atoms with Crippen molar-refractivity contribution < 1.29 is 12.4 Å². The molecule has 0 bridgehead atoms. The van der Waals surface area contributed by atoms with Gasteiger partial charge in [-0.3, -0.25) is 0 Å². The monoisotopic (exact) mass is 589 g/mol. The number of halogens is 1. The summed E-state index contributed by atoms with van der Waals surface area (Å²) >= 11 is 0. The number of hydrogen-bond donors (Lipinski definition) is 0. The molecule has 0 heterocycles. The molecule has 0 aromatic carbocycles. The summed E-state index contributed by atoms with van der Waals surface area (Å²) in [5, 5.41) is 0. The van der Waals surface area contributed by atoms with Crippen molar-refractivity contribution >= 4 is 7.26 Å². The Kier molecular flexibility index (Phi) is 37.5. The fourth-order valence-corrected chi connectivity index (χ4v) is 9.91. The normalized spacial score (nSPS) is 11.7. The first-order chi connectivity index (χ1) is 18.7. The summed E-state index contributed by atoms with van der Waals surface area (Å²) in [6.45, 7) is 9.75. The third-order valence-corrected chi connectivity index (χ3v) is 13.3. The van der Waals surface area contributed by atoms with Crippen LogP contribution in [-0.2, 0) is 0 Å². The van der Waals surface area contributed by atoms with Crippen LogP contribution in [0, 0.1) is 0 Å². The van der Waals surface area contributed by atoms with Crippen LogP contribution in [0.25, 0.3) is 0 Å². The highest BCUT2D eigenvalue weighted by atomic mass is 35.5. The van der Waals surface area contributed by atoms with E-state index in [4.69, 9.17) is 0 Å². The molecule has 39 heavy (non-hydrogen) atoms. The molecule has 0 aliphatic rings. The van der Waals surface area contributed by atoms with Gasteiger partial charge in [-0.15, -0.1) is 0 Å². The van der Waals surface area contributed by atoms with Crippen LogP contribution < -0.4 is 12.4 Å². The molecule has 0 aliphatic carbocycles. The SMILES string of the molecule is CCCCCCCCCCCC[P+](C)(CCCCCCCCCCCC)CCCCCCCCCCCC.[Cl-]. The van der Waals surface area contributed by atoms with Gasteiger partial charge in [0.05, 0.1) is 18.5 Å². The zero-order valence-corrected chi connectivity index (χ0v) is 29.8. The number of unbranched alkanes of at least 4 members (excludes halogenated alkanes) is 27. The van der Waals surface area contributed by atoms with Gasteiger partial charge in [-0.1, -0.05) is 175 Å². The van der Waals surface area contributed by atoms with Crippen molar-refractivity contribution in [2.45, 2.75) is 213 Å². The fraction of sp³-hybridized carbons (Fsp3) is 1.00. The van der Waals surface area contributed by atoms with Crippen LogP contribution in [0.4, 0.5) is 0 Å². The van der Waals surface area contributed by atoms with Crippen molar-refractivity contribution in [2.75, 3.05) is 25.2 Å². The molecule has 0 nitrogen and oxygen atoms in total. The third-order valence-electron chi connectivity index (χ3n) is 9.15. The van der Waals surface area contributed by atoms with Crippen LogP contribution in [0.1, 0.15) is 213 Å². The van der Waals surface area contributed by atoms with Crippen molar-refractivity contribution in [1.29, 1.82) is 0 Å². The molecule has 0 N–H and O–H groups in total. The molecule has 0 saturated heterocycles. The molecule has 0 aromatic rings. The number of rotatable bonds is 33. The first-order valence-electron chi connectivity index (χ1n) is 18.5. The van der Waals surface area contributed by atoms with Gasteiger partial charge < -0.3 is 12.4 Å². The van der Waals surface area contributed by atoms with Crippen molar-refractivity contribution in [3.8, 4) is 0 Å². The molecule has 0 aromatic heterocycles. The first-order valence-corrected chi connectivity index (χ1v) is 21.3. The average molecular weight is 589 g/mol. The zero-order chi connectivity index (χ0) is 27.8. The van der Waals surface area contributed by atoms with E-state index in [-0.39, 0.29) is 12.4 Å². The minimum absolute atomic E-state index is 0. The van der Waals surface area contributed by atoms with Gasteiger partial charge in [-0.2, -0.15) is 0 Å². The Morgan fingerprint density at radius 2 is 0.410 bits per heavy atom. The Bertz CT molecular complexity index is 364. The summed E-state index contributed by atoms with van der Waals surface area (Å²) in [7, 11) is -0.691. The van der Waals surface area contributed by atoms with Crippen molar-refractivity contribution in [3.05, 3.63) is 0 Å². The molecule has 0 saturated carbocycles. The Morgan fingerprint density at radius 3 is 0.590 bits per heavy atom. The lowest BCUT2D eigenvalue weighted by atomic mass is 10.1. The van der Waals surface area contributed by atoms with Crippen LogP contribution in [0.5, 0.6) is 0 Å². The first kappa shape index (κ1) is 41.9. The summed E-state index contributed by atoms with van der Waals surface area (Å²) in [6.07, 6.45) is 49.2. The van der Waals surface area contributed by atoms with Crippen LogP contribution in [0.15, 0.2) is 0 Å². The average Bonchev–Trinajstić information content (AvgIpc) is 2.92. The van der Waals surface area contributed by atoms with E-state index in [1.807, 2.05) is 0 Å². The Labute approximate surface area is 257 Å². The minimum Gasteiger partial charge on any atom is -1.00 e. The van der Waals surface area contributed by atoms with Gasteiger partial charge in [0.25, 0.3) is 0 Å². The fourth-order valence-electron chi connectivity index (χ4n) is 6.28. The molecule has 0 fully saturated rings. The van der Waals surface area contributed by atoms with Crippen molar-refractivity contribution in [1.82, 2.24) is 0 Å². The summed E-state index contributed by atoms with van der Waals surface area (Å²) in [5.41, 5.74) is 0. The van der Waals surface area contributed by atoms with Crippen LogP contribution in [0.3, 0.4) is 0 Å². The van der Waals surface area contributed by atoms with Gasteiger partial charge in [0.2, 0.25) is 0 Å². The molecule has 238 valence electrons. The second kappa shape index (κ2) is 34.9. The van der Waals surface area contributed by atoms with E-state index in [0.717, 1.165) is 0 Å². The smallest absolute Gasteiger partial charge is 0.0591 e. The van der Waals surface area contributed by atoms with E-state index in [1.165, 1.54) is 193 Å². The molecule has 0 atom stereocenters. The van der Waals surface area contributed by atoms with E-state index < -0.39 is 7.26 Å². The van der Waals surface area contributed by atoms with Crippen LogP contribution in [0.2, 0.25) is 0 Å². The molecule has 0 amide bonds. The maximum atomic E-state index is 2.78. The quantitative estimate of drug-likeness (QED) is 0.0528. The Balaban J connectivity index is 0. The van der Waals surface area contributed by atoms with Gasteiger partial charge in [0, 0.05) is 13.9 Å². The van der Waals surface area contributed by atoms with Crippen LogP contribution in [-0.4, -0.2) is 25.2 Å². The predicted molar refractivity (Wildman–Crippen MR) is 183 cm³/mol. The molecular weight excluding hydrogens is 511 g/mol. The second-order valence-electron chi connectivity index (χ2n) is 13.3. The molecule has 0 unspecified atom stereocenters. The molecule has 2 heteroatoms. The van der Waals surface area contributed by atoms with E-state index in [1.54, 1.807) is 18.5 Å². The van der Waals surface area contributed by atoms with E-state index in [0.29, 0.717) is 0 Å². The molecular formula is C37H78ClP. The summed E-state index contributed by atoms with van der Waals surface area (Å²) in [6, 6.07) is 0. The zero-order valence-electron chi connectivity index (χ0n) is 28.2. The van der Waals surface area contributed by atoms with Gasteiger partial charge >= 0.3 is 0 Å². The highest BCUT2D eigenvalue weighted by Crippen LogP contribution is 2.57. The molecule has 0 radical (unpaired) electrons. The van der Waals surface area contributed by atoms with Gasteiger partial charge in [0.1, 0.15) is 0 Å². The third kappa shape index (κ3) is 33.1. The lowest BCUT2D eigenvalue weighted by Gasteiger charge is -2.24. The second-order valence-corrected chi connectivity index (χ2v) is 17.9. The van der Waals surface area contributed by atoms with Gasteiger partial charge in [0.15, 0.2) is 0 Å². The highest BCUT2D eigenvalue weighted by molar-refractivity contribution is 7.75. The lowest BCUT2D eigenvalue weighted by Crippen LogP contribution is -3.00. The predicted octanol–water partition coefficient (Wildman–Crippen LogP) is 11.4. The standard InChI is InChI=1S/C37H78P.ClH/c1-5-8-11-14-17-20-23-26-29-32-35-38(4,36-33-30-27-24-21-18-15-12-9-6-2)37-34-31-28-25-22-19-16-13-10-7-3;/h5-37H2,1-4H3;1H/q+1;/p-1. The largest absolute Gasteiger partial charge is 1.00 e. The molecule has 0 spiro atoms. The maximum Gasteiger partial charge on any atom is 0.0591 e. The molecule has 0 aliphatic heterocycles. The maximum absolute atomic E-state index is 2.78. The Morgan fingerprint density at radius 1 is 0.256 bits per heavy atom. The van der Waals surface area contributed by atoms with Crippen molar-refractivity contribution in [3.63, 3.8) is 0 Å². The minimum atomic E-state index is -0.691. The number of hydrogen-bond acceptors (Lipinski definition) is 0.